The lowest BCUT2D eigenvalue weighted by molar-refractivity contribution is 0.390. The zero-order chi connectivity index (χ0) is 18.9. The number of hydrogen-bond donors (Lipinski definition) is 2. The van der Waals surface area contributed by atoms with E-state index in [1.807, 2.05) is 32.0 Å². The Labute approximate surface area is 152 Å². The number of rotatable bonds is 5. The number of nitrogens with zero attached hydrogens (tertiary/aromatic N) is 2. The average Bonchev–Trinajstić information content (AvgIpc) is 2.92. The van der Waals surface area contributed by atoms with Crippen LogP contribution in [0, 0.1) is 27.7 Å². The van der Waals surface area contributed by atoms with Crippen LogP contribution in [0.3, 0.4) is 0 Å². The summed E-state index contributed by atoms with van der Waals surface area (Å²) in [6.07, 6.45) is 1.58. The Hall–Kier alpha value is -2.87. The molecule has 3 rings (SSSR count). The van der Waals surface area contributed by atoms with Crippen LogP contribution in [0.5, 0.6) is 0 Å². The third kappa shape index (κ3) is 3.55. The minimum atomic E-state index is -3.81. The number of anilines is 3. The number of aryl methyl sites for hydroxylation is 4. The molecule has 0 radical (unpaired) electrons. The van der Waals surface area contributed by atoms with Gasteiger partial charge in [-0.2, -0.15) is 0 Å². The van der Waals surface area contributed by atoms with Crippen molar-refractivity contribution in [1.29, 1.82) is 0 Å². The Morgan fingerprint density at radius 1 is 1.00 bits per heavy atom. The molecule has 0 unspecified atom stereocenters. The van der Waals surface area contributed by atoms with E-state index in [0.29, 0.717) is 5.69 Å². The van der Waals surface area contributed by atoms with E-state index in [1.165, 1.54) is 0 Å². The molecule has 0 bridgehead atoms. The number of benzene rings is 1. The molecule has 0 aliphatic carbocycles. The SMILES string of the molecule is Cc1cccc(C)c1Nc1ccc(NS(=O)(=O)c2c(C)noc2C)nc1. The highest BCUT2D eigenvalue weighted by molar-refractivity contribution is 7.92. The van der Waals surface area contributed by atoms with Gasteiger partial charge < -0.3 is 9.84 Å². The first-order valence-electron chi connectivity index (χ1n) is 8.03. The molecule has 2 heterocycles. The summed E-state index contributed by atoms with van der Waals surface area (Å²) < 4.78 is 32.4. The number of aromatic nitrogens is 2. The van der Waals surface area contributed by atoms with Gasteiger partial charge in [0.1, 0.15) is 11.5 Å². The highest BCUT2D eigenvalue weighted by Crippen LogP contribution is 2.25. The van der Waals surface area contributed by atoms with Crippen LogP contribution in [0.25, 0.3) is 0 Å². The number of nitrogens with one attached hydrogen (secondary N) is 2. The van der Waals surface area contributed by atoms with E-state index < -0.39 is 10.0 Å². The van der Waals surface area contributed by atoms with E-state index in [9.17, 15) is 8.42 Å². The van der Waals surface area contributed by atoms with Gasteiger partial charge in [-0.3, -0.25) is 4.72 Å². The Kier molecular flexibility index (Phi) is 4.69. The molecule has 26 heavy (non-hydrogen) atoms. The second-order valence-corrected chi connectivity index (χ2v) is 7.70. The first-order chi connectivity index (χ1) is 12.3. The maximum Gasteiger partial charge on any atom is 0.268 e. The average molecular weight is 372 g/mol. The van der Waals surface area contributed by atoms with Gasteiger partial charge in [-0.05, 0) is 51.0 Å². The lowest BCUT2D eigenvalue weighted by Gasteiger charge is -2.13. The van der Waals surface area contributed by atoms with Crippen molar-refractivity contribution in [1.82, 2.24) is 10.1 Å². The van der Waals surface area contributed by atoms with Crippen molar-refractivity contribution in [3.8, 4) is 0 Å². The number of sulfonamides is 1. The van der Waals surface area contributed by atoms with Crippen LogP contribution in [0.15, 0.2) is 45.9 Å². The van der Waals surface area contributed by atoms with E-state index in [0.717, 1.165) is 22.5 Å². The molecule has 2 N–H and O–H groups in total. The Morgan fingerprint density at radius 3 is 2.23 bits per heavy atom. The molecule has 0 amide bonds. The molecule has 0 saturated heterocycles. The smallest absolute Gasteiger partial charge is 0.268 e. The molecule has 2 aromatic heterocycles. The summed E-state index contributed by atoms with van der Waals surface area (Å²) >= 11 is 0. The topological polar surface area (TPSA) is 97.1 Å². The summed E-state index contributed by atoms with van der Waals surface area (Å²) in [5, 5.41) is 6.99. The molecule has 0 aliphatic heterocycles. The van der Waals surface area contributed by atoms with Crippen LogP contribution in [-0.2, 0) is 10.0 Å². The Balaban J connectivity index is 1.80. The highest BCUT2D eigenvalue weighted by atomic mass is 32.2. The third-order valence-electron chi connectivity index (χ3n) is 3.99. The van der Waals surface area contributed by atoms with Gasteiger partial charge in [0.05, 0.1) is 11.9 Å². The number of pyridine rings is 1. The van der Waals surface area contributed by atoms with Crippen LogP contribution in [0.1, 0.15) is 22.6 Å². The molecule has 3 aromatic rings. The van der Waals surface area contributed by atoms with Crippen molar-refractivity contribution >= 4 is 27.2 Å². The number of hydrogen-bond acceptors (Lipinski definition) is 6. The van der Waals surface area contributed by atoms with E-state index in [4.69, 9.17) is 4.52 Å². The van der Waals surface area contributed by atoms with Gasteiger partial charge in [-0.25, -0.2) is 13.4 Å². The lowest BCUT2D eigenvalue weighted by atomic mass is 10.1. The van der Waals surface area contributed by atoms with Crippen molar-refractivity contribution < 1.29 is 12.9 Å². The quantitative estimate of drug-likeness (QED) is 0.706. The molecule has 0 fully saturated rings. The second-order valence-electron chi connectivity index (χ2n) is 6.08. The zero-order valence-electron chi connectivity index (χ0n) is 15.0. The van der Waals surface area contributed by atoms with Gasteiger partial charge in [-0.1, -0.05) is 23.4 Å². The van der Waals surface area contributed by atoms with Crippen molar-refractivity contribution in [3.05, 3.63) is 59.1 Å². The van der Waals surface area contributed by atoms with Crippen LogP contribution in [0.2, 0.25) is 0 Å². The third-order valence-corrected chi connectivity index (χ3v) is 5.59. The molecule has 136 valence electrons. The summed E-state index contributed by atoms with van der Waals surface area (Å²) in [6.45, 7) is 7.18. The Morgan fingerprint density at radius 2 is 1.69 bits per heavy atom. The normalized spacial score (nSPS) is 11.4. The van der Waals surface area contributed by atoms with Gasteiger partial charge in [0.25, 0.3) is 10.0 Å². The fraction of sp³-hybridized carbons (Fsp3) is 0.222. The zero-order valence-corrected chi connectivity index (χ0v) is 15.8. The summed E-state index contributed by atoms with van der Waals surface area (Å²) in [6, 6.07) is 9.42. The first-order valence-corrected chi connectivity index (χ1v) is 9.51. The van der Waals surface area contributed by atoms with Crippen molar-refractivity contribution in [2.24, 2.45) is 0 Å². The van der Waals surface area contributed by atoms with Crippen LogP contribution >= 0.6 is 0 Å². The molecular weight excluding hydrogens is 352 g/mol. The molecule has 1 aromatic carbocycles. The summed E-state index contributed by atoms with van der Waals surface area (Å²) in [5.74, 6) is 0.459. The molecule has 0 atom stereocenters. The van der Waals surface area contributed by atoms with Crippen molar-refractivity contribution in [2.45, 2.75) is 32.6 Å². The standard InChI is InChI=1S/C18H20N4O3S/c1-11-6-5-7-12(2)17(11)20-15-8-9-16(19-10-15)22-26(23,24)18-13(3)21-25-14(18)4/h5-10,20H,1-4H3,(H,19,22). The molecule has 0 saturated carbocycles. The molecular formula is C18H20N4O3S. The maximum atomic E-state index is 12.5. The minimum absolute atomic E-state index is 0.0389. The molecule has 8 heteroatoms. The summed E-state index contributed by atoms with van der Waals surface area (Å²) in [7, 11) is -3.81. The van der Waals surface area contributed by atoms with E-state index in [-0.39, 0.29) is 16.5 Å². The predicted molar refractivity (Wildman–Crippen MR) is 100 cm³/mol. The summed E-state index contributed by atoms with van der Waals surface area (Å²) in [4.78, 5) is 4.22. The number of para-hydroxylation sites is 1. The van der Waals surface area contributed by atoms with Crippen molar-refractivity contribution in [2.75, 3.05) is 10.0 Å². The molecule has 7 nitrogen and oxygen atoms in total. The molecule has 0 spiro atoms. The lowest BCUT2D eigenvalue weighted by Crippen LogP contribution is -2.15. The molecule has 0 aliphatic rings. The van der Waals surface area contributed by atoms with Gasteiger partial charge in [-0.15, -0.1) is 0 Å². The Bertz CT molecular complexity index is 1000. The predicted octanol–water partition coefficient (Wildman–Crippen LogP) is 3.85. The fourth-order valence-electron chi connectivity index (χ4n) is 2.73. The van der Waals surface area contributed by atoms with Crippen LogP contribution in [0.4, 0.5) is 17.2 Å². The van der Waals surface area contributed by atoms with Crippen molar-refractivity contribution in [3.63, 3.8) is 0 Å². The second kappa shape index (κ2) is 6.80. The monoisotopic (exact) mass is 372 g/mol. The highest BCUT2D eigenvalue weighted by Gasteiger charge is 2.24. The maximum absolute atomic E-state index is 12.5. The fourth-order valence-corrected chi connectivity index (χ4v) is 4.07. The van der Waals surface area contributed by atoms with E-state index in [1.54, 1.807) is 32.2 Å². The summed E-state index contributed by atoms with van der Waals surface area (Å²) in [5.41, 5.74) is 4.32. The minimum Gasteiger partial charge on any atom is -0.360 e. The van der Waals surface area contributed by atoms with E-state index >= 15 is 0 Å². The van der Waals surface area contributed by atoms with Crippen LogP contribution in [-0.4, -0.2) is 18.6 Å². The van der Waals surface area contributed by atoms with Gasteiger partial charge >= 0.3 is 0 Å². The van der Waals surface area contributed by atoms with Gasteiger partial charge in [0.15, 0.2) is 10.7 Å². The first kappa shape index (κ1) is 17.9. The van der Waals surface area contributed by atoms with E-state index in [2.05, 4.69) is 20.2 Å². The van der Waals surface area contributed by atoms with Crippen LogP contribution < -0.4 is 10.0 Å². The van der Waals surface area contributed by atoms with Gasteiger partial charge in [0.2, 0.25) is 0 Å². The largest absolute Gasteiger partial charge is 0.360 e. The van der Waals surface area contributed by atoms with Gasteiger partial charge in [0, 0.05) is 5.69 Å².